The van der Waals surface area contributed by atoms with Crippen molar-refractivity contribution in [3.05, 3.63) is 200 Å². The van der Waals surface area contributed by atoms with Crippen molar-refractivity contribution in [1.29, 1.82) is 0 Å². The van der Waals surface area contributed by atoms with Crippen molar-refractivity contribution >= 4 is 93.3 Å². The summed E-state index contributed by atoms with van der Waals surface area (Å²) >= 11 is 0. The SMILES string of the molecule is c1ccc(N(c2ccc(-c3cccc4ccccc34)cc2)c2cccc3oc4c5ccccc5ccc4c23)c(-c2ccc3oc4c5ccccc5ccc4c3c2)c1. The molecule has 0 aliphatic carbocycles. The predicted octanol–water partition coefficient (Wildman–Crippen LogP) is 15.7. The highest BCUT2D eigenvalue weighted by Crippen LogP contribution is 2.48. The Morgan fingerprint density at radius 1 is 0.316 bits per heavy atom. The maximum atomic E-state index is 6.73. The Morgan fingerprint density at radius 3 is 1.67 bits per heavy atom. The van der Waals surface area contributed by atoms with Crippen LogP contribution in [-0.4, -0.2) is 0 Å². The number of benzene rings is 10. The molecule has 0 saturated carbocycles. The molecule has 3 heteroatoms. The van der Waals surface area contributed by atoms with E-state index in [-0.39, 0.29) is 0 Å². The van der Waals surface area contributed by atoms with Crippen LogP contribution in [0.3, 0.4) is 0 Å². The average Bonchev–Trinajstić information content (AvgIpc) is 3.86. The van der Waals surface area contributed by atoms with Gasteiger partial charge in [-0.05, 0) is 92.8 Å². The molecule has 12 rings (SSSR count). The van der Waals surface area contributed by atoms with Gasteiger partial charge in [0.2, 0.25) is 0 Å². The molecular weight excluding hydrogens is 695 g/mol. The lowest BCUT2D eigenvalue weighted by Crippen LogP contribution is -2.11. The summed E-state index contributed by atoms with van der Waals surface area (Å²) in [5.74, 6) is 0. The molecule has 0 bridgehead atoms. The number of fused-ring (bicyclic) bond motifs is 11. The molecular formula is C54H33NO2. The zero-order chi connectivity index (χ0) is 37.5. The average molecular weight is 728 g/mol. The fourth-order valence-corrected chi connectivity index (χ4v) is 8.98. The molecule has 0 spiro atoms. The predicted molar refractivity (Wildman–Crippen MR) is 239 cm³/mol. The van der Waals surface area contributed by atoms with Crippen LogP contribution in [-0.2, 0) is 0 Å². The maximum Gasteiger partial charge on any atom is 0.143 e. The molecule has 0 radical (unpaired) electrons. The van der Waals surface area contributed by atoms with Gasteiger partial charge in [0.1, 0.15) is 22.3 Å². The number of hydrogen-bond donors (Lipinski definition) is 0. The summed E-state index contributed by atoms with van der Waals surface area (Å²) in [6.07, 6.45) is 0. The summed E-state index contributed by atoms with van der Waals surface area (Å²) in [7, 11) is 0. The molecule has 0 saturated heterocycles. The number of anilines is 3. The van der Waals surface area contributed by atoms with Crippen LogP contribution in [0.5, 0.6) is 0 Å². The molecule has 0 fully saturated rings. The quantitative estimate of drug-likeness (QED) is 0.177. The van der Waals surface area contributed by atoms with Gasteiger partial charge in [0, 0.05) is 38.2 Å². The molecule has 0 aliphatic rings. The van der Waals surface area contributed by atoms with Gasteiger partial charge in [0.25, 0.3) is 0 Å². The van der Waals surface area contributed by atoms with Crippen molar-refractivity contribution in [3.8, 4) is 22.3 Å². The van der Waals surface area contributed by atoms with Crippen LogP contribution < -0.4 is 4.90 Å². The highest BCUT2D eigenvalue weighted by atomic mass is 16.3. The lowest BCUT2D eigenvalue weighted by Gasteiger charge is -2.28. The van der Waals surface area contributed by atoms with E-state index < -0.39 is 0 Å². The fourth-order valence-electron chi connectivity index (χ4n) is 8.98. The van der Waals surface area contributed by atoms with Crippen LogP contribution in [0.15, 0.2) is 209 Å². The van der Waals surface area contributed by atoms with Gasteiger partial charge in [-0.25, -0.2) is 0 Å². The van der Waals surface area contributed by atoms with Gasteiger partial charge in [-0.15, -0.1) is 0 Å². The van der Waals surface area contributed by atoms with E-state index in [0.717, 1.165) is 88.2 Å². The lowest BCUT2D eigenvalue weighted by atomic mass is 9.97. The van der Waals surface area contributed by atoms with Crippen LogP contribution in [0.25, 0.3) is 98.4 Å². The largest absolute Gasteiger partial charge is 0.455 e. The van der Waals surface area contributed by atoms with Crippen LogP contribution >= 0.6 is 0 Å². The topological polar surface area (TPSA) is 29.5 Å². The van der Waals surface area contributed by atoms with Gasteiger partial charge in [0.05, 0.1) is 16.8 Å². The maximum absolute atomic E-state index is 6.73. The summed E-state index contributed by atoms with van der Waals surface area (Å²) in [5, 5.41) is 11.4. The Balaban J connectivity index is 1.09. The van der Waals surface area contributed by atoms with Crippen LogP contribution in [0, 0.1) is 0 Å². The molecule has 12 aromatic rings. The van der Waals surface area contributed by atoms with Crippen molar-refractivity contribution in [3.63, 3.8) is 0 Å². The van der Waals surface area contributed by atoms with E-state index in [2.05, 4.69) is 205 Å². The monoisotopic (exact) mass is 727 g/mol. The Morgan fingerprint density at radius 2 is 0.877 bits per heavy atom. The minimum Gasteiger partial charge on any atom is -0.455 e. The van der Waals surface area contributed by atoms with E-state index >= 15 is 0 Å². The number of hydrogen-bond acceptors (Lipinski definition) is 3. The van der Waals surface area contributed by atoms with Crippen molar-refractivity contribution < 1.29 is 8.83 Å². The molecule has 0 amide bonds. The Bertz CT molecular complexity index is 3530. The Hall–Kier alpha value is -7.62. The Kier molecular flexibility index (Phi) is 6.93. The van der Waals surface area contributed by atoms with Crippen LogP contribution in [0.4, 0.5) is 17.1 Å². The Labute approximate surface area is 328 Å². The molecule has 0 N–H and O–H groups in total. The second kappa shape index (κ2) is 12.5. The van der Waals surface area contributed by atoms with Crippen molar-refractivity contribution in [2.24, 2.45) is 0 Å². The van der Waals surface area contributed by atoms with Crippen molar-refractivity contribution in [2.45, 2.75) is 0 Å². The third kappa shape index (κ3) is 4.92. The number of rotatable bonds is 5. The van der Waals surface area contributed by atoms with Crippen LogP contribution in [0.1, 0.15) is 0 Å². The first-order chi connectivity index (χ1) is 28.3. The molecule has 3 nitrogen and oxygen atoms in total. The molecule has 0 aliphatic heterocycles. The molecule has 2 heterocycles. The van der Waals surface area contributed by atoms with Crippen LogP contribution in [0.2, 0.25) is 0 Å². The van der Waals surface area contributed by atoms with Gasteiger partial charge >= 0.3 is 0 Å². The lowest BCUT2D eigenvalue weighted by molar-refractivity contribution is 0.672. The summed E-state index contributed by atoms with van der Waals surface area (Å²) < 4.78 is 13.3. The zero-order valence-electron chi connectivity index (χ0n) is 30.8. The first-order valence-corrected chi connectivity index (χ1v) is 19.4. The standard InChI is InChI=1S/C54H33NO2/c1-4-15-40-34(11-1)14-9-19-41(40)37-23-28-39(29-24-37)55(49-21-10-22-51-52(49)46-31-26-36-13-3-6-18-44(36)54(46)57-51)48-20-8-7-16-42(48)38-27-32-50-47(33-38)45-30-25-35-12-2-5-17-43(35)53(45)56-50/h1-33H. The summed E-state index contributed by atoms with van der Waals surface area (Å²) in [6.45, 7) is 0. The summed E-state index contributed by atoms with van der Waals surface area (Å²) in [4.78, 5) is 2.40. The second-order valence-corrected chi connectivity index (χ2v) is 14.8. The second-order valence-electron chi connectivity index (χ2n) is 14.8. The fraction of sp³-hybridized carbons (Fsp3) is 0. The zero-order valence-corrected chi connectivity index (χ0v) is 30.8. The van der Waals surface area contributed by atoms with Gasteiger partial charge < -0.3 is 13.7 Å². The van der Waals surface area contributed by atoms with E-state index in [9.17, 15) is 0 Å². The number of furan rings is 2. The third-order valence-electron chi connectivity index (χ3n) is 11.6. The van der Waals surface area contributed by atoms with Gasteiger partial charge in [-0.1, -0.05) is 146 Å². The summed E-state index contributed by atoms with van der Waals surface area (Å²) in [6, 6.07) is 71.6. The number of para-hydroxylation sites is 1. The van der Waals surface area contributed by atoms with E-state index in [1.54, 1.807) is 0 Å². The smallest absolute Gasteiger partial charge is 0.143 e. The van der Waals surface area contributed by atoms with E-state index in [1.807, 2.05) is 0 Å². The first-order valence-electron chi connectivity index (χ1n) is 19.4. The molecule has 0 atom stereocenters. The van der Waals surface area contributed by atoms with Crippen molar-refractivity contribution in [1.82, 2.24) is 0 Å². The van der Waals surface area contributed by atoms with Gasteiger partial charge in [-0.3, -0.25) is 0 Å². The van der Waals surface area contributed by atoms with E-state index in [1.165, 1.54) is 27.3 Å². The van der Waals surface area contributed by atoms with Crippen molar-refractivity contribution in [2.75, 3.05) is 4.90 Å². The normalized spacial score (nSPS) is 11.9. The minimum atomic E-state index is 0.854. The third-order valence-corrected chi connectivity index (χ3v) is 11.6. The van der Waals surface area contributed by atoms with E-state index in [0.29, 0.717) is 0 Å². The highest BCUT2D eigenvalue weighted by molar-refractivity contribution is 6.20. The molecule has 0 unspecified atom stereocenters. The van der Waals surface area contributed by atoms with E-state index in [4.69, 9.17) is 8.83 Å². The van der Waals surface area contributed by atoms with Gasteiger partial charge in [0.15, 0.2) is 0 Å². The number of nitrogens with zero attached hydrogens (tertiary/aromatic N) is 1. The molecule has 57 heavy (non-hydrogen) atoms. The highest BCUT2D eigenvalue weighted by Gasteiger charge is 2.23. The first kappa shape index (κ1) is 31.7. The molecule has 2 aromatic heterocycles. The summed E-state index contributed by atoms with van der Waals surface area (Å²) in [5.41, 5.74) is 11.3. The molecule has 10 aromatic carbocycles. The molecule has 266 valence electrons. The minimum absolute atomic E-state index is 0.854. The van der Waals surface area contributed by atoms with Gasteiger partial charge in [-0.2, -0.15) is 0 Å².